The van der Waals surface area contributed by atoms with Crippen LogP contribution in [0.5, 0.6) is 11.5 Å². The van der Waals surface area contributed by atoms with Crippen molar-refractivity contribution >= 4 is 34.8 Å². The number of fused-ring (bicyclic) bond motifs is 1. The van der Waals surface area contributed by atoms with E-state index >= 15 is 0 Å². The van der Waals surface area contributed by atoms with Gasteiger partial charge < -0.3 is 19.6 Å². The lowest BCUT2D eigenvalue weighted by molar-refractivity contribution is -0.131. The van der Waals surface area contributed by atoms with Crippen LogP contribution >= 0.6 is 23.2 Å². The number of ether oxygens (including phenoxy) is 2. The maximum atomic E-state index is 12.4. The number of nitrogens with zero attached hydrogens (tertiary/aromatic N) is 1. The Morgan fingerprint density at radius 1 is 1.11 bits per heavy atom. The Morgan fingerprint density at radius 3 is 2.74 bits per heavy atom. The molecule has 2 aromatic rings. The Balaban J connectivity index is 1.35. The molecule has 0 radical (unpaired) electrons. The third-order valence-corrected chi connectivity index (χ3v) is 4.82. The first-order valence-electron chi connectivity index (χ1n) is 8.44. The Kier molecular flexibility index (Phi) is 5.09. The average Bonchev–Trinajstić information content (AvgIpc) is 3.16. The zero-order chi connectivity index (χ0) is 18.8. The highest BCUT2D eigenvalue weighted by molar-refractivity contribution is 6.37. The number of hydrogen-bond donors (Lipinski definition) is 1. The number of amides is 1. The molecular formula is C19H16Cl2N2O4. The summed E-state index contributed by atoms with van der Waals surface area (Å²) >= 11 is 12.1. The van der Waals surface area contributed by atoms with E-state index in [2.05, 4.69) is 10.5 Å². The molecule has 8 heteroatoms. The summed E-state index contributed by atoms with van der Waals surface area (Å²) in [6.07, 6.45) is -0.349. The molecule has 0 saturated heterocycles. The number of hydrogen-bond acceptors (Lipinski definition) is 5. The van der Waals surface area contributed by atoms with Crippen molar-refractivity contribution < 1.29 is 19.1 Å². The monoisotopic (exact) mass is 406 g/mol. The predicted octanol–water partition coefficient (Wildman–Crippen LogP) is 3.57. The van der Waals surface area contributed by atoms with Crippen molar-refractivity contribution in [2.75, 3.05) is 13.2 Å². The number of rotatable bonds is 4. The van der Waals surface area contributed by atoms with Gasteiger partial charge in [-0.1, -0.05) is 40.5 Å². The van der Waals surface area contributed by atoms with Crippen LogP contribution < -0.4 is 14.8 Å². The van der Waals surface area contributed by atoms with Crippen molar-refractivity contribution in [3.63, 3.8) is 0 Å². The lowest BCUT2D eigenvalue weighted by Crippen LogP contribution is -2.34. The lowest BCUT2D eigenvalue weighted by Gasteiger charge is -2.19. The molecule has 27 heavy (non-hydrogen) atoms. The number of oxime groups is 1. The van der Waals surface area contributed by atoms with Crippen LogP contribution in [0, 0.1) is 0 Å². The molecule has 0 spiro atoms. The fourth-order valence-corrected chi connectivity index (χ4v) is 3.42. The second-order valence-electron chi connectivity index (χ2n) is 6.16. The molecule has 0 aromatic heterocycles. The number of carbonyl (C=O) groups excluding carboxylic acids is 1. The molecule has 2 aliphatic rings. The van der Waals surface area contributed by atoms with E-state index in [1.165, 1.54) is 0 Å². The maximum Gasteiger partial charge on any atom is 0.264 e. The van der Waals surface area contributed by atoms with Gasteiger partial charge in [0.25, 0.3) is 5.91 Å². The van der Waals surface area contributed by atoms with Crippen LogP contribution in [-0.4, -0.2) is 30.9 Å². The fourth-order valence-electron chi connectivity index (χ4n) is 2.90. The van der Waals surface area contributed by atoms with Gasteiger partial charge in [0.05, 0.1) is 10.7 Å². The largest absolute Gasteiger partial charge is 0.486 e. The molecule has 2 heterocycles. The molecule has 0 unspecified atom stereocenters. The van der Waals surface area contributed by atoms with Crippen LogP contribution in [0.3, 0.4) is 0 Å². The summed E-state index contributed by atoms with van der Waals surface area (Å²) in [6, 6.07) is 10.7. The normalized spacial score (nSPS) is 17.9. The molecule has 6 nitrogen and oxygen atoms in total. The average molecular weight is 407 g/mol. The second-order valence-corrected chi connectivity index (χ2v) is 7.00. The zero-order valence-electron chi connectivity index (χ0n) is 14.2. The first kappa shape index (κ1) is 17.9. The third-order valence-electron chi connectivity index (χ3n) is 4.28. The van der Waals surface area contributed by atoms with Gasteiger partial charge in [-0.2, -0.15) is 0 Å². The molecule has 0 aliphatic carbocycles. The summed E-state index contributed by atoms with van der Waals surface area (Å²) in [6.45, 7) is 1.42. The van der Waals surface area contributed by atoms with E-state index in [1.54, 1.807) is 18.2 Å². The molecule has 1 amide bonds. The summed E-state index contributed by atoms with van der Waals surface area (Å²) < 4.78 is 11.0. The van der Waals surface area contributed by atoms with Gasteiger partial charge in [0.2, 0.25) is 6.10 Å². The molecule has 1 N–H and O–H groups in total. The summed E-state index contributed by atoms with van der Waals surface area (Å²) in [4.78, 5) is 17.7. The number of halogens is 2. The van der Waals surface area contributed by atoms with Crippen molar-refractivity contribution in [2.24, 2.45) is 5.16 Å². The quantitative estimate of drug-likeness (QED) is 0.842. The third kappa shape index (κ3) is 3.96. The van der Waals surface area contributed by atoms with Gasteiger partial charge in [-0.15, -0.1) is 0 Å². The molecule has 0 fully saturated rings. The van der Waals surface area contributed by atoms with Gasteiger partial charge in [-0.25, -0.2) is 0 Å². The Bertz CT molecular complexity index is 917. The van der Waals surface area contributed by atoms with E-state index in [1.807, 2.05) is 18.2 Å². The van der Waals surface area contributed by atoms with Crippen molar-refractivity contribution in [3.8, 4) is 11.5 Å². The first-order chi connectivity index (χ1) is 13.1. The van der Waals surface area contributed by atoms with Gasteiger partial charge >= 0.3 is 0 Å². The lowest BCUT2D eigenvalue weighted by atomic mass is 10.0. The van der Waals surface area contributed by atoms with E-state index in [0.717, 1.165) is 5.56 Å². The van der Waals surface area contributed by atoms with Crippen LogP contribution in [0.4, 0.5) is 0 Å². The van der Waals surface area contributed by atoms with Crippen molar-refractivity contribution in [1.29, 1.82) is 0 Å². The smallest absolute Gasteiger partial charge is 0.264 e. The van der Waals surface area contributed by atoms with Crippen molar-refractivity contribution in [2.45, 2.75) is 19.1 Å². The number of nitrogens with one attached hydrogen (secondary N) is 1. The standard InChI is InChI=1S/C19H16Cl2N2O4/c20-12-2-3-13(14(21)8-12)15-9-18(27-23-15)19(24)22-10-11-1-4-16-17(7-11)26-6-5-25-16/h1-4,7-8,18H,5-6,9-10H2,(H,22,24)/t18-/m0/s1. The van der Waals surface area contributed by atoms with Crippen LogP contribution in [0.25, 0.3) is 0 Å². The van der Waals surface area contributed by atoms with Crippen LogP contribution in [0.2, 0.25) is 10.0 Å². The van der Waals surface area contributed by atoms with Crippen LogP contribution in [-0.2, 0) is 16.2 Å². The summed E-state index contributed by atoms with van der Waals surface area (Å²) in [7, 11) is 0. The molecule has 140 valence electrons. The highest BCUT2D eigenvalue weighted by Crippen LogP contribution is 2.31. The summed E-state index contributed by atoms with van der Waals surface area (Å²) in [5.74, 6) is 1.16. The Hall–Kier alpha value is -2.44. The zero-order valence-corrected chi connectivity index (χ0v) is 15.7. The highest BCUT2D eigenvalue weighted by atomic mass is 35.5. The Morgan fingerprint density at radius 2 is 1.93 bits per heavy atom. The molecule has 1 atom stereocenters. The van der Waals surface area contributed by atoms with E-state index < -0.39 is 6.10 Å². The van der Waals surface area contributed by atoms with Gasteiger partial charge in [0.15, 0.2) is 11.5 Å². The molecule has 0 saturated carbocycles. The number of benzene rings is 2. The van der Waals surface area contributed by atoms with Gasteiger partial charge in [-0.05, 0) is 29.8 Å². The number of carbonyl (C=O) groups is 1. The highest BCUT2D eigenvalue weighted by Gasteiger charge is 2.29. The summed E-state index contributed by atoms with van der Waals surface area (Å²) in [5.41, 5.74) is 2.24. The SMILES string of the molecule is O=C(NCc1ccc2c(c1)OCCO2)[C@@H]1CC(c2ccc(Cl)cc2Cl)=NO1. The molecular weight excluding hydrogens is 391 g/mol. The van der Waals surface area contributed by atoms with E-state index in [-0.39, 0.29) is 5.91 Å². The fraction of sp³-hybridized carbons (Fsp3) is 0.263. The van der Waals surface area contributed by atoms with E-state index in [4.69, 9.17) is 37.5 Å². The molecule has 2 aromatic carbocycles. The minimum Gasteiger partial charge on any atom is -0.486 e. The van der Waals surface area contributed by atoms with Crippen molar-refractivity contribution in [3.05, 3.63) is 57.6 Å². The van der Waals surface area contributed by atoms with E-state index in [0.29, 0.717) is 59.0 Å². The van der Waals surface area contributed by atoms with Crippen molar-refractivity contribution in [1.82, 2.24) is 5.32 Å². The van der Waals surface area contributed by atoms with Crippen LogP contribution in [0.1, 0.15) is 17.5 Å². The van der Waals surface area contributed by atoms with Crippen LogP contribution in [0.15, 0.2) is 41.6 Å². The molecule has 2 aliphatic heterocycles. The second kappa shape index (κ2) is 7.66. The topological polar surface area (TPSA) is 69.2 Å². The van der Waals surface area contributed by atoms with Gasteiger partial charge in [-0.3, -0.25) is 4.79 Å². The predicted molar refractivity (Wildman–Crippen MR) is 102 cm³/mol. The first-order valence-corrected chi connectivity index (χ1v) is 9.20. The molecule has 0 bridgehead atoms. The van der Waals surface area contributed by atoms with Gasteiger partial charge in [0.1, 0.15) is 13.2 Å². The maximum absolute atomic E-state index is 12.4. The Labute approximate surface area is 166 Å². The molecule has 4 rings (SSSR count). The minimum absolute atomic E-state index is 0.242. The van der Waals surface area contributed by atoms with Gasteiger partial charge in [0, 0.05) is 23.6 Å². The summed E-state index contributed by atoms with van der Waals surface area (Å²) in [5, 5.41) is 7.87. The van der Waals surface area contributed by atoms with E-state index in [9.17, 15) is 4.79 Å². The minimum atomic E-state index is -0.691.